The van der Waals surface area contributed by atoms with Crippen molar-refractivity contribution in [2.45, 2.75) is 32.7 Å². The summed E-state index contributed by atoms with van der Waals surface area (Å²) in [6, 6.07) is 13.2. The van der Waals surface area contributed by atoms with Gasteiger partial charge in [-0.3, -0.25) is 9.59 Å². The molecule has 0 spiro atoms. The normalized spacial score (nSPS) is 15.4. The second-order valence-corrected chi connectivity index (χ2v) is 6.96. The van der Waals surface area contributed by atoms with E-state index in [1.165, 1.54) is 11.8 Å². The van der Waals surface area contributed by atoms with Gasteiger partial charge >= 0.3 is 6.03 Å². The lowest BCUT2D eigenvalue weighted by molar-refractivity contribution is -0.119. The molecule has 0 radical (unpaired) electrons. The highest BCUT2D eigenvalue weighted by Gasteiger charge is 2.34. The van der Waals surface area contributed by atoms with Gasteiger partial charge in [0, 0.05) is 24.8 Å². The van der Waals surface area contributed by atoms with Gasteiger partial charge in [-0.05, 0) is 50.1 Å². The highest BCUT2D eigenvalue weighted by molar-refractivity contribution is 6.00. The van der Waals surface area contributed by atoms with Crippen molar-refractivity contribution in [2.24, 2.45) is 0 Å². The predicted octanol–water partition coefficient (Wildman–Crippen LogP) is 3.68. The SMILES string of the molecule is CCOc1ccccc1NC(=O)N1CCC[C@H]1C(=O)Nc1cccc(NC(C)=O)c1. The summed E-state index contributed by atoms with van der Waals surface area (Å²) in [5, 5.41) is 8.37. The van der Waals surface area contributed by atoms with Gasteiger partial charge in [0.25, 0.3) is 0 Å². The second-order valence-electron chi connectivity index (χ2n) is 6.96. The van der Waals surface area contributed by atoms with Crippen LogP contribution in [0.5, 0.6) is 5.75 Å². The van der Waals surface area contributed by atoms with E-state index in [1.54, 1.807) is 36.4 Å². The van der Waals surface area contributed by atoms with Crippen LogP contribution >= 0.6 is 0 Å². The Hall–Kier alpha value is -3.55. The topological polar surface area (TPSA) is 99.8 Å². The average molecular weight is 410 g/mol. The summed E-state index contributed by atoms with van der Waals surface area (Å²) in [5.41, 5.74) is 1.72. The standard InChI is InChI=1S/C22H26N4O4/c1-3-30-20-12-5-4-10-18(20)25-22(29)26-13-7-11-19(26)21(28)24-17-9-6-8-16(14-17)23-15(2)27/h4-6,8-10,12,14,19H,3,7,11,13H2,1-2H3,(H,23,27)(H,24,28)(H,25,29)/t19-/m0/s1. The molecule has 158 valence electrons. The third-order valence-corrected chi connectivity index (χ3v) is 4.70. The van der Waals surface area contributed by atoms with Crippen LogP contribution in [-0.4, -0.2) is 41.9 Å². The first kappa shape index (κ1) is 21.2. The quantitative estimate of drug-likeness (QED) is 0.676. The van der Waals surface area contributed by atoms with Crippen LogP contribution in [0.3, 0.4) is 0 Å². The van der Waals surface area contributed by atoms with Crippen LogP contribution in [0.1, 0.15) is 26.7 Å². The molecule has 1 saturated heterocycles. The minimum Gasteiger partial charge on any atom is -0.492 e. The molecule has 8 heteroatoms. The monoisotopic (exact) mass is 410 g/mol. The van der Waals surface area contributed by atoms with Crippen LogP contribution in [0.4, 0.5) is 21.9 Å². The number of carbonyl (C=O) groups is 3. The third kappa shape index (κ3) is 5.28. The fourth-order valence-electron chi connectivity index (χ4n) is 3.42. The number of anilines is 3. The second kappa shape index (κ2) is 9.78. The maximum absolute atomic E-state index is 12.8. The minimum atomic E-state index is -0.575. The van der Waals surface area contributed by atoms with Gasteiger partial charge in [0.15, 0.2) is 0 Å². The molecule has 1 heterocycles. The van der Waals surface area contributed by atoms with Gasteiger partial charge in [0.1, 0.15) is 11.8 Å². The molecule has 1 aliphatic heterocycles. The average Bonchev–Trinajstić information content (AvgIpc) is 3.20. The van der Waals surface area contributed by atoms with Crippen molar-refractivity contribution >= 4 is 34.9 Å². The molecular formula is C22H26N4O4. The third-order valence-electron chi connectivity index (χ3n) is 4.70. The highest BCUT2D eigenvalue weighted by atomic mass is 16.5. The van der Waals surface area contributed by atoms with Crippen molar-refractivity contribution in [1.29, 1.82) is 0 Å². The van der Waals surface area contributed by atoms with E-state index in [-0.39, 0.29) is 17.8 Å². The summed E-state index contributed by atoms with van der Waals surface area (Å²) in [6.45, 7) is 4.27. The summed E-state index contributed by atoms with van der Waals surface area (Å²) in [4.78, 5) is 38.5. The number of hydrogen-bond acceptors (Lipinski definition) is 4. The largest absolute Gasteiger partial charge is 0.492 e. The summed E-state index contributed by atoms with van der Waals surface area (Å²) in [7, 11) is 0. The van der Waals surface area contributed by atoms with Crippen molar-refractivity contribution < 1.29 is 19.1 Å². The molecule has 0 saturated carbocycles. The fourth-order valence-corrected chi connectivity index (χ4v) is 3.42. The number of nitrogens with zero attached hydrogens (tertiary/aromatic N) is 1. The van der Waals surface area contributed by atoms with Gasteiger partial charge < -0.3 is 25.6 Å². The summed E-state index contributed by atoms with van der Waals surface area (Å²) >= 11 is 0. The smallest absolute Gasteiger partial charge is 0.322 e. The predicted molar refractivity (Wildman–Crippen MR) is 116 cm³/mol. The Morgan fingerprint density at radius 2 is 1.77 bits per heavy atom. The Balaban J connectivity index is 1.67. The van der Waals surface area contributed by atoms with Crippen LogP contribution < -0.4 is 20.7 Å². The zero-order valence-electron chi connectivity index (χ0n) is 17.1. The number of ether oxygens (including phenoxy) is 1. The van der Waals surface area contributed by atoms with E-state index in [0.29, 0.717) is 42.4 Å². The van der Waals surface area contributed by atoms with Gasteiger partial charge in [-0.1, -0.05) is 18.2 Å². The Bertz CT molecular complexity index is 931. The van der Waals surface area contributed by atoms with Gasteiger partial charge in [-0.2, -0.15) is 0 Å². The van der Waals surface area contributed by atoms with E-state index in [1.807, 2.05) is 19.1 Å². The molecule has 3 N–H and O–H groups in total. The first-order chi connectivity index (χ1) is 14.5. The number of rotatable bonds is 6. The maximum Gasteiger partial charge on any atom is 0.322 e. The molecule has 30 heavy (non-hydrogen) atoms. The lowest BCUT2D eigenvalue weighted by Gasteiger charge is -2.25. The van der Waals surface area contributed by atoms with Gasteiger partial charge in [0.05, 0.1) is 12.3 Å². The van der Waals surface area contributed by atoms with E-state index >= 15 is 0 Å². The molecule has 8 nitrogen and oxygen atoms in total. The van der Waals surface area contributed by atoms with Gasteiger partial charge in [-0.15, -0.1) is 0 Å². The molecule has 1 fully saturated rings. The molecule has 1 aliphatic rings. The number of carbonyl (C=O) groups excluding carboxylic acids is 3. The molecule has 0 aromatic heterocycles. The Kier molecular flexibility index (Phi) is 6.90. The number of para-hydroxylation sites is 2. The molecule has 1 atom stereocenters. The van der Waals surface area contributed by atoms with Crippen LogP contribution in [0.15, 0.2) is 48.5 Å². The zero-order valence-corrected chi connectivity index (χ0v) is 17.1. The summed E-state index contributed by atoms with van der Waals surface area (Å²) < 4.78 is 5.55. The van der Waals surface area contributed by atoms with Crippen LogP contribution in [-0.2, 0) is 9.59 Å². The number of hydrogen-bond donors (Lipinski definition) is 3. The van der Waals surface area contributed by atoms with Crippen molar-refractivity contribution in [3.8, 4) is 5.75 Å². The number of amides is 4. The number of benzene rings is 2. The maximum atomic E-state index is 12.8. The number of likely N-dealkylation sites (tertiary alicyclic amines) is 1. The molecular weight excluding hydrogens is 384 g/mol. The van der Waals surface area contributed by atoms with Gasteiger partial charge in [-0.25, -0.2) is 4.79 Å². The first-order valence-corrected chi connectivity index (χ1v) is 9.96. The molecule has 0 bridgehead atoms. The van der Waals surface area contributed by atoms with Crippen molar-refractivity contribution in [1.82, 2.24) is 4.90 Å². The highest BCUT2D eigenvalue weighted by Crippen LogP contribution is 2.26. The number of urea groups is 1. The zero-order chi connectivity index (χ0) is 21.5. The molecule has 4 amide bonds. The summed E-state index contributed by atoms with van der Waals surface area (Å²) in [5.74, 6) is 0.133. The molecule has 0 aliphatic carbocycles. The molecule has 2 aromatic rings. The van der Waals surface area contributed by atoms with E-state index in [0.717, 1.165) is 6.42 Å². The Labute approximate surface area is 175 Å². The van der Waals surface area contributed by atoms with Crippen molar-refractivity contribution in [2.75, 3.05) is 29.1 Å². The van der Waals surface area contributed by atoms with E-state index in [2.05, 4.69) is 16.0 Å². The van der Waals surface area contributed by atoms with E-state index in [9.17, 15) is 14.4 Å². The van der Waals surface area contributed by atoms with Crippen LogP contribution in [0, 0.1) is 0 Å². The van der Waals surface area contributed by atoms with Crippen LogP contribution in [0.2, 0.25) is 0 Å². The summed E-state index contributed by atoms with van der Waals surface area (Å²) in [6.07, 6.45) is 1.32. The Morgan fingerprint density at radius 1 is 1.03 bits per heavy atom. The number of nitrogens with one attached hydrogen (secondary N) is 3. The lowest BCUT2D eigenvalue weighted by Crippen LogP contribution is -2.45. The van der Waals surface area contributed by atoms with Crippen LogP contribution in [0.25, 0.3) is 0 Å². The Morgan fingerprint density at radius 3 is 2.50 bits per heavy atom. The van der Waals surface area contributed by atoms with E-state index in [4.69, 9.17) is 4.74 Å². The molecule has 0 unspecified atom stereocenters. The van der Waals surface area contributed by atoms with Gasteiger partial charge in [0.2, 0.25) is 11.8 Å². The molecule has 2 aromatic carbocycles. The van der Waals surface area contributed by atoms with Crippen molar-refractivity contribution in [3.63, 3.8) is 0 Å². The minimum absolute atomic E-state index is 0.190. The van der Waals surface area contributed by atoms with E-state index < -0.39 is 6.04 Å². The molecule has 3 rings (SSSR count). The first-order valence-electron chi connectivity index (χ1n) is 9.96. The van der Waals surface area contributed by atoms with Crippen molar-refractivity contribution in [3.05, 3.63) is 48.5 Å². The lowest BCUT2D eigenvalue weighted by atomic mass is 10.2. The fraction of sp³-hybridized carbons (Fsp3) is 0.318.